The summed E-state index contributed by atoms with van der Waals surface area (Å²) in [6.45, 7) is 7.82. The van der Waals surface area contributed by atoms with E-state index in [4.69, 9.17) is 11.6 Å². The van der Waals surface area contributed by atoms with Gasteiger partial charge in [-0.05, 0) is 24.7 Å². The van der Waals surface area contributed by atoms with Gasteiger partial charge in [-0.3, -0.25) is 4.79 Å². The zero-order valence-corrected chi connectivity index (χ0v) is 8.95. The Kier molecular flexibility index (Phi) is 3.01. The molecule has 0 aromatic heterocycles. The van der Waals surface area contributed by atoms with Crippen molar-refractivity contribution in [2.45, 2.75) is 39.2 Å². The summed E-state index contributed by atoms with van der Waals surface area (Å²) in [5.41, 5.74) is 0.353. The van der Waals surface area contributed by atoms with Crippen LogP contribution in [0.5, 0.6) is 0 Å². The van der Waals surface area contributed by atoms with Crippen LogP contribution in [0.25, 0.3) is 0 Å². The number of carbonyl (C=O) groups excluding carboxylic acids is 1. The second kappa shape index (κ2) is 3.70. The van der Waals surface area contributed by atoms with E-state index in [1.807, 2.05) is 0 Å². The molecule has 1 aliphatic rings. The zero-order valence-electron chi connectivity index (χ0n) is 8.19. The monoisotopic (exact) mass is 201 g/mol. The van der Waals surface area contributed by atoms with Crippen molar-refractivity contribution in [3.63, 3.8) is 0 Å². The van der Waals surface area contributed by atoms with Gasteiger partial charge in [0.2, 0.25) is 0 Å². The fraction of sp³-hybridized carbons (Fsp3) is 0.700. The summed E-state index contributed by atoms with van der Waals surface area (Å²) in [7, 11) is 0. The van der Waals surface area contributed by atoms with Crippen LogP contribution in [0.2, 0.25) is 0 Å². The van der Waals surface area contributed by atoms with E-state index >= 15 is 0 Å². The molecule has 1 amide bonds. The van der Waals surface area contributed by atoms with Crippen molar-refractivity contribution in [3.8, 4) is 0 Å². The van der Waals surface area contributed by atoms with Crippen LogP contribution in [-0.4, -0.2) is 11.9 Å². The van der Waals surface area contributed by atoms with E-state index in [9.17, 15) is 4.79 Å². The van der Waals surface area contributed by atoms with E-state index in [2.05, 4.69) is 25.7 Å². The molecule has 0 bridgehead atoms. The summed E-state index contributed by atoms with van der Waals surface area (Å²) in [4.78, 5) is 11.2. The van der Waals surface area contributed by atoms with Gasteiger partial charge in [0, 0.05) is 6.04 Å². The molecule has 0 aromatic carbocycles. The lowest BCUT2D eigenvalue weighted by atomic mass is 9.92. The molecule has 2 nitrogen and oxygen atoms in total. The van der Waals surface area contributed by atoms with Gasteiger partial charge in [0.15, 0.2) is 0 Å². The fourth-order valence-electron chi connectivity index (χ4n) is 1.82. The number of hydrogen-bond acceptors (Lipinski definition) is 1. The molecular formula is C10H16ClNO. The maximum Gasteiger partial charge on any atom is 0.262 e. The Bertz CT molecular complexity index is 235. The normalized spacial score (nSPS) is 25.6. The van der Waals surface area contributed by atoms with E-state index in [1.54, 1.807) is 0 Å². The van der Waals surface area contributed by atoms with Crippen LogP contribution in [0, 0.1) is 5.41 Å². The van der Waals surface area contributed by atoms with Crippen LogP contribution in [0.3, 0.4) is 0 Å². The number of amides is 1. The molecule has 13 heavy (non-hydrogen) atoms. The highest BCUT2D eigenvalue weighted by Crippen LogP contribution is 2.36. The van der Waals surface area contributed by atoms with Gasteiger partial charge in [-0.15, -0.1) is 0 Å². The lowest BCUT2D eigenvalue weighted by molar-refractivity contribution is -0.117. The van der Waals surface area contributed by atoms with Crippen molar-refractivity contribution >= 4 is 17.5 Å². The number of nitrogens with one attached hydrogen (secondary N) is 1. The highest BCUT2D eigenvalue weighted by molar-refractivity contribution is 6.41. The van der Waals surface area contributed by atoms with Gasteiger partial charge in [0.1, 0.15) is 0 Å². The number of rotatable bonds is 2. The van der Waals surface area contributed by atoms with Gasteiger partial charge in [0.25, 0.3) is 5.91 Å². The molecule has 3 heteroatoms. The Morgan fingerprint density at radius 2 is 2.23 bits per heavy atom. The molecule has 1 atom stereocenters. The first-order valence-electron chi connectivity index (χ1n) is 4.56. The second-order valence-electron chi connectivity index (χ2n) is 4.48. The smallest absolute Gasteiger partial charge is 0.262 e. The van der Waals surface area contributed by atoms with Crippen LogP contribution in [0.15, 0.2) is 11.6 Å². The lowest BCUT2D eigenvalue weighted by Crippen LogP contribution is -2.33. The van der Waals surface area contributed by atoms with Crippen LogP contribution < -0.4 is 5.32 Å². The summed E-state index contributed by atoms with van der Waals surface area (Å²) in [5.74, 6) is -0.232. The predicted octanol–water partition coefficient (Wildman–Crippen LogP) is 2.43. The van der Waals surface area contributed by atoms with Crippen molar-refractivity contribution in [2.75, 3.05) is 0 Å². The molecule has 0 radical (unpaired) electrons. The van der Waals surface area contributed by atoms with Crippen LogP contribution in [0.1, 0.15) is 33.1 Å². The minimum absolute atomic E-state index is 0.0738. The summed E-state index contributed by atoms with van der Waals surface area (Å²) in [5, 5.41) is 2.94. The topological polar surface area (TPSA) is 29.1 Å². The average Bonchev–Trinajstić information content (AvgIpc) is 2.30. The second-order valence-corrected chi connectivity index (χ2v) is 4.94. The SMILES string of the molecule is C=C(Cl)C(=O)NC1CCC(C)(C)C1. The zero-order chi connectivity index (χ0) is 10.1. The Balaban J connectivity index is 2.41. The summed E-state index contributed by atoms with van der Waals surface area (Å²) >= 11 is 5.47. The van der Waals surface area contributed by atoms with Crippen molar-refractivity contribution in [2.24, 2.45) is 5.41 Å². The van der Waals surface area contributed by atoms with Crippen LogP contribution in [0.4, 0.5) is 0 Å². The quantitative estimate of drug-likeness (QED) is 0.684. The highest BCUT2D eigenvalue weighted by Gasteiger charge is 2.31. The van der Waals surface area contributed by atoms with E-state index in [1.165, 1.54) is 0 Å². The molecule has 0 saturated heterocycles. The molecule has 1 rings (SSSR count). The summed E-state index contributed by atoms with van der Waals surface area (Å²) in [6, 6.07) is 0.276. The third-order valence-corrected chi connectivity index (χ3v) is 2.72. The molecule has 1 saturated carbocycles. The van der Waals surface area contributed by atoms with Gasteiger partial charge >= 0.3 is 0 Å². The van der Waals surface area contributed by atoms with Crippen LogP contribution >= 0.6 is 11.6 Å². The van der Waals surface area contributed by atoms with Crippen LogP contribution in [-0.2, 0) is 4.79 Å². The standard InChI is InChI=1S/C10H16ClNO/c1-7(11)9(13)12-8-4-5-10(2,3)6-8/h8H,1,4-6H2,2-3H3,(H,12,13). The number of hydrogen-bond donors (Lipinski definition) is 1. The molecule has 1 N–H and O–H groups in total. The predicted molar refractivity (Wildman–Crippen MR) is 54.6 cm³/mol. The Labute approximate surface area is 84.3 Å². The van der Waals surface area contributed by atoms with Crippen molar-refractivity contribution in [1.29, 1.82) is 0 Å². The average molecular weight is 202 g/mol. The van der Waals surface area contributed by atoms with E-state index in [0.29, 0.717) is 5.41 Å². The molecule has 1 fully saturated rings. The van der Waals surface area contributed by atoms with Gasteiger partial charge in [0.05, 0.1) is 5.03 Å². The highest BCUT2D eigenvalue weighted by atomic mass is 35.5. The lowest BCUT2D eigenvalue weighted by Gasteiger charge is -2.17. The van der Waals surface area contributed by atoms with E-state index in [-0.39, 0.29) is 17.0 Å². The van der Waals surface area contributed by atoms with Gasteiger partial charge < -0.3 is 5.32 Å². The molecule has 1 unspecified atom stereocenters. The molecule has 0 heterocycles. The Morgan fingerprint density at radius 1 is 1.62 bits per heavy atom. The summed E-state index contributed by atoms with van der Waals surface area (Å²) < 4.78 is 0. The minimum Gasteiger partial charge on any atom is -0.349 e. The third-order valence-electron chi connectivity index (χ3n) is 2.55. The molecule has 74 valence electrons. The van der Waals surface area contributed by atoms with Crippen molar-refractivity contribution in [1.82, 2.24) is 5.32 Å². The first-order chi connectivity index (χ1) is 5.91. The largest absolute Gasteiger partial charge is 0.349 e. The van der Waals surface area contributed by atoms with Gasteiger partial charge in [-0.1, -0.05) is 32.0 Å². The number of halogens is 1. The first kappa shape index (κ1) is 10.6. The molecule has 0 aliphatic heterocycles. The summed E-state index contributed by atoms with van der Waals surface area (Å²) in [6.07, 6.45) is 3.23. The first-order valence-corrected chi connectivity index (χ1v) is 4.94. The van der Waals surface area contributed by atoms with E-state index in [0.717, 1.165) is 19.3 Å². The fourth-order valence-corrected chi connectivity index (χ4v) is 1.88. The molecule has 1 aliphatic carbocycles. The Morgan fingerprint density at radius 3 is 2.62 bits per heavy atom. The molecule has 0 spiro atoms. The van der Waals surface area contributed by atoms with Crippen molar-refractivity contribution < 1.29 is 4.79 Å². The van der Waals surface area contributed by atoms with Gasteiger partial charge in [-0.25, -0.2) is 0 Å². The minimum atomic E-state index is -0.232. The number of carbonyl (C=O) groups is 1. The third kappa shape index (κ3) is 3.03. The Hall–Kier alpha value is -0.500. The maximum absolute atomic E-state index is 11.2. The molecule has 0 aromatic rings. The van der Waals surface area contributed by atoms with Gasteiger partial charge in [-0.2, -0.15) is 0 Å². The van der Waals surface area contributed by atoms with E-state index < -0.39 is 0 Å². The van der Waals surface area contributed by atoms with Crippen molar-refractivity contribution in [3.05, 3.63) is 11.6 Å². The molecular weight excluding hydrogens is 186 g/mol. The maximum atomic E-state index is 11.2.